The molecule has 2 amide bonds. The Morgan fingerprint density at radius 2 is 1.79 bits per heavy atom. The van der Waals surface area contributed by atoms with E-state index in [0.29, 0.717) is 6.42 Å². The number of carbonyl (C=O) groups is 2. The third-order valence-electron chi connectivity index (χ3n) is 5.72. The van der Waals surface area contributed by atoms with E-state index in [-0.39, 0.29) is 17.8 Å². The Labute approximate surface area is 159 Å². The first-order chi connectivity index (χ1) is 13.1. The van der Waals surface area contributed by atoms with Crippen LogP contribution in [0.5, 0.6) is 0 Å². The van der Waals surface area contributed by atoms with Gasteiger partial charge in [0.2, 0.25) is 11.8 Å². The lowest BCUT2D eigenvalue weighted by Crippen LogP contribution is -2.40. The number of halogens is 3. The van der Waals surface area contributed by atoms with Gasteiger partial charge in [-0.05, 0) is 12.0 Å². The molecule has 0 bridgehead atoms. The molecule has 1 aromatic rings. The van der Waals surface area contributed by atoms with Crippen molar-refractivity contribution in [3.63, 3.8) is 0 Å². The summed E-state index contributed by atoms with van der Waals surface area (Å²) in [6.07, 6.45) is -2.57. The second-order valence-electron chi connectivity index (χ2n) is 7.48. The molecule has 3 rings (SSSR count). The Kier molecular flexibility index (Phi) is 5.20. The number of likely N-dealkylation sites (tertiary alicyclic amines) is 1. The van der Waals surface area contributed by atoms with E-state index in [0.717, 1.165) is 30.2 Å². The number of nitrogens with zero attached hydrogens (tertiary/aromatic N) is 2. The third-order valence-corrected chi connectivity index (χ3v) is 5.72. The molecule has 1 aromatic carbocycles. The van der Waals surface area contributed by atoms with Gasteiger partial charge in [0.1, 0.15) is 0 Å². The number of non-ortho nitro benzene ring substituents is 1. The topological polar surface area (TPSA) is 80.5 Å². The molecule has 28 heavy (non-hydrogen) atoms. The Morgan fingerprint density at radius 1 is 1.14 bits per heavy atom. The van der Waals surface area contributed by atoms with Crippen LogP contribution in [0.1, 0.15) is 44.6 Å². The van der Waals surface area contributed by atoms with Crippen molar-refractivity contribution in [3.8, 4) is 0 Å². The monoisotopic (exact) mass is 398 g/mol. The standard InChI is InChI=1S/C19H21F3N2O4/c1-2-3-4-5-9-23-16(25)14-15(17(23)26)18(14,11-19(20,21)22)12-7-6-8-13(10-12)24(27)28/h6-8,10,14-15H,2-5,9,11H2,1H3. The van der Waals surface area contributed by atoms with Gasteiger partial charge in [-0.2, -0.15) is 13.2 Å². The summed E-state index contributed by atoms with van der Waals surface area (Å²) >= 11 is 0. The van der Waals surface area contributed by atoms with Gasteiger partial charge in [-0.15, -0.1) is 0 Å². The summed E-state index contributed by atoms with van der Waals surface area (Å²) in [5, 5.41) is 11.0. The fourth-order valence-electron chi connectivity index (χ4n) is 4.45. The number of piperidine rings is 1. The summed E-state index contributed by atoms with van der Waals surface area (Å²) < 4.78 is 39.9. The highest BCUT2D eigenvalue weighted by molar-refractivity contribution is 6.12. The van der Waals surface area contributed by atoms with Crippen LogP contribution < -0.4 is 0 Å². The van der Waals surface area contributed by atoms with E-state index in [1.54, 1.807) is 0 Å². The van der Waals surface area contributed by atoms with Crippen LogP contribution in [0.25, 0.3) is 0 Å². The van der Waals surface area contributed by atoms with E-state index in [1.165, 1.54) is 18.2 Å². The number of hydrogen-bond acceptors (Lipinski definition) is 4. The lowest BCUT2D eigenvalue weighted by atomic mass is 9.86. The number of nitro groups is 1. The van der Waals surface area contributed by atoms with Crippen LogP contribution in [0.2, 0.25) is 0 Å². The minimum atomic E-state index is -4.61. The lowest BCUT2D eigenvalue weighted by molar-refractivity contribution is -0.385. The first-order valence-corrected chi connectivity index (χ1v) is 9.30. The summed E-state index contributed by atoms with van der Waals surface area (Å²) in [7, 11) is 0. The fourth-order valence-corrected chi connectivity index (χ4v) is 4.45. The van der Waals surface area contributed by atoms with Gasteiger partial charge in [0.25, 0.3) is 5.69 Å². The molecule has 152 valence electrons. The normalized spacial score (nSPS) is 26.5. The van der Waals surface area contributed by atoms with Crippen LogP contribution in [-0.2, 0) is 15.0 Å². The SMILES string of the molecule is CCCCCCN1C(=O)C2C(C1=O)C2(CC(F)(F)F)c1cccc([N+](=O)[O-])c1. The average Bonchev–Trinajstić information content (AvgIpc) is 3.20. The van der Waals surface area contributed by atoms with E-state index in [1.807, 2.05) is 6.92 Å². The van der Waals surface area contributed by atoms with Crippen LogP contribution in [-0.4, -0.2) is 34.4 Å². The zero-order valence-electron chi connectivity index (χ0n) is 15.4. The molecule has 2 aliphatic rings. The van der Waals surface area contributed by atoms with Crippen LogP contribution in [0.4, 0.5) is 18.9 Å². The smallest absolute Gasteiger partial charge is 0.282 e. The first kappa shape index (κ1) is 20.3. The molecule has 1 saturated carbocycles. The highest BCUT2D eigenvalue weighted by Crippen LogP contribution is 2.68. The fraction of sp³-hybridized carbons (Fsp3) is 0.579. The predicted molar refractivity (Wildman–Crippen MR) is 93.3 cm³/mol. The highest BCUT2D eigenvalue weighted by atomic mass is 19.4. The minimum Gasteiger partial charge on any atom is -0.282 e. The molecule has 6 nitrogen and oxygen atoms in total. The van der Waals surface area contributed by atoms with Crippen LogP contribution in [0.15, 0.2) is 24.3 Å². The number of alkyl halides is 3. The highest BCUT2D eigenvalue weighted by Gasteiger charge is 2.79. The average molecular weight is 398 g/mol. The second kappa shape index (κ2) is 7.18. The van der Waals surface area contributed by atoms with E-state index in [2.05, 4.69) is 0 Å². The van der Waals surface area contributed by atoms with Gasteiger partial charge < -0.3 is 0 Å². The number of amides is 2. The number of nitro benzene ring substituents is 1. The predicted octanol–water partition coefficient (Wildman–Crippen LogP) is 3.98. The molecule has 1 aliphatic carbocycles. The van der Waals surface area contributed by atoms with Crippen molar-refractivity contribution in [1.82, 2.24) is 4.90 Å². The van der Waals surface area contributed by atoms with Crippen LogP contribution in [0.3, 0.4) is 0 Å². The Balaban J connectivity index is 1.89. The Hall–Kier alpha value is -2.45. The van der Waals surface area contributed by atoms with Crippen molar-refractivity contribution in [3.05, 3.63) is 39.9 Å². The van der Waals surface area contributed by atoms with Crippen molar-refractivity contribution >= 4 is 17.5 Å². The number of hydrogen-bond donors (Lipinski definition) is 0. The third kappa shape index (κ3) is 3.38. The van der Waals surface area contributed by atoms with Crippen molar-refractivity contribution in [2.24, 2.45) is 11.8 Å². The van der Waals surface area contributed by atoms with Gasteiger partial charge in [-0.1, -0.05) is 38.3 Å². The summed E-state index contributed by atoms with van der Waals surface area (Å²) in [4.78, 5) is 36.8. The maximum Gasteiger partial charge on any atom is 0.390 e. The zero-order valence-corrected chi connectivity index (χ0v) is 15.4. The number of fused-ring (bicyclic) bond motifs is 1. The van der Waals surface area contributed by atoms with Crippen molar-refractivity contribution in [1.29, 1.82) is 0 Å². The molecule has 2 unspecified atom stereocenters. The van der Waals surface area contributed by atoms with Gasteiger partial charge in [0.15, 0.2) is 0 Å². The van der Waals surface area contributed by atoms with Gasteiger partial charge in [-0.25, -0.2) is 0 Å². The molecule has 1 heterocycles. The molecule has 1 saturated heterocycles. The van der Waals surface area contributed by atoms with E-state index < -0.39 is 46.6 Å². The number of unbranched alkanes of at least 4 members (excludes halogenated alkanes) is 3. The van der Waals surface area contributed by atoms with Gasteiger partial charge in [-0.3, -0.25) is 24.6 Å². The van der Waals surface area contributed by atoms with Gasteiger partial charge in [0, 0.05) is 24.1 Å². The summed E-state index contributed by atoms with van der Waals surface area (Å²) in [5.41, 5.74) is -2.07. The van der Waals surface area contributed by atoms with Crippen molar-refractivity contribution < 1.29 is 27.7 Å². The summed E-state index contributed by atoms with van der Waals surface area (Å²) in [5.74, 6) is -3.39. The quantitative estimate of drug-likeness (QED) is 0.287. The molecule has 2 fully saturated rings. The minimum absolute atomic E-state index is 0.0290. The second-order valence-corrected chi connectivity index (χ2v) is 7.48. The first-order valence-electron chi connectivity index (χ1n) is 9.30. The largest absolute Gasteiger partial charge is 0.390 e. The Bertz CT molecular complexity index is 787. The molecule has 2 atom stereocenters. The molecule has 9 heteroatoms. The Morgan fingerprint density at radius 3 is 2.32 bits per heavy atom. The molecule has 0 radical (unpaired) electrons. The molecule has 0 spiro atoms. The summed E-state index contributed by atoms with van der Waals surface area (Å²) in [6.45, 7) is 2.23. The molecule has 0 N–H and O–H groups in total. The number of imide groups is 1. The van der Waals surface area contributed by atoms with E-state index in [4.69, 9.17) is 0 Å². The van der Waals surface area contributed by atoms with Gasteiger partial charge in [0.05, 0.1) is 23.2 Å². The molecule has 1 aliphatic heterocycles. The number of rotatable bonds is 8. The molecule has 0 aromatic heterocycles. The zero-order chi connectivity index (χ0) is 20.7. The molecular weight excluding hydrogens is 377 g/mol. The molecular formula is C19H21F3N2O4. The van der Waals surface area contributed by atoms with E-state index in [9.17, 15) is 32.9 Å². The van der Waals surface area contributed by atoms with Crippen LogP contribution >= 0.6 is 0 Å². The summed E-state index contributed by atoms with van der Waals surface area (Å²) in [6, 6.07) is 4.85. The number of benzene rings is 1. The number of carbonyl (C=O) groups excluding carboxylic acids is 2. The van der Waals surface area contributed by atoms with E-state index >= 15 is 0 Å². The van der Waals surface area contributed by atoms with Crippen molar-refractivity contribution in [2.75, 3.05) is 6.54 Å². The lowest BCUT2D eigenvalue weighted by Gasteiger charge is -2.26. The maximum atomic E-state index is 13.3. The van der Waals surface area contributed by atoms with Gasteiger partial charge >= 0.3 is 6.18 Å². The maximum absolute atomic E-state index is 13.3. The van der Waals surface area contributed by atoms with Crippen LogP contribution in [0, 0.1) is 22.0 Å². The van der Waals surface area contributed by atoms with Crippen molar-refractivity contribution in [2.45, 2.75) is 50.6 Å².